The largest absolute Gasteiger partial charge is 0.369 e. The van der Waals surface area contributed by atoms with Crippen LogP contribution < -0.4 is 35.6 Å². The SMILES string of the molecule is CCC(C)CN1CCN(c2ccccn2)CC1.Cc1ccc(N2CCN(CCN3CCNCC3)CC2)cc1.c1ccc(N2CCN(CC3CNC3)CC2)nc1.c1cnc(N2CCN(CC3CNC3)CC2)nc1. The van der Waals surface area contributed by atoms with Gasteiger partial charge >= 0.3 is 0 Å². The minimum atomic E-state index is 0.816. The second-order valence-corrected chi connectivity index (χ2v) is 21.1. The van der Waals surface area contributed by atoms with Crippen LogP contribution in [0.3, 0.4) is 0 Å². The van der Waals surface area contributed by atoms with E-state index < -0.39 is 0 Å². The molecule has 7 aliphatic rings. The molecule has 1 aromatic carbocycles. The summed E-state index contributed by atoms with van der Waals surface area (Å²) >= 11 is 0. The highest BCUT2D eigenvalue weighted by molar-refractivity contribution is 5.48. The van der Waals surface area contributed by atoms with Crippen molar-refractivity contribution in [3.63, 3.8) is 0 Å². The van der Waals surface area contributed by atoms with E-state index in [0.717, 1.165) is 114 Å². The molecule has 0 amide bonds. The van der Waals surface area contributed by atoms with Crippen LogP contribution in [0.15, 0.2) is 91.5 Å². The lowest BCUT2D eigenvalue weighted by molar-refractivity contribution is 0.183. The number of hydrogen-bond acceptors (Lipinski definition) is 16. The van der Waals surface area contributed by atoms with Crippen LogP contribution in [0, 0.1) is 24.7 Å². The standard InChI is InChI=1S/C17H28N4.C14H23N3.C13H20N4.C12H19N5/c1-16-2-4-17(5-3-16)21-14-12-20(13-15-21)11-10-19-8-6-18-7-9-19;1-3-13(2)12-16-8-10-17(11-9-16)14-6-4-5-7-15-14;1-2-4-15-13(3-1)17-7-5-16(6-8-17)11-12-9-14-10-12;1-2-14-12(15-3-1)17-6-4-16(5-7-17)10-11-8-13-9-11/h2-5,18H,6-15H2,1H3;4-7,13H,3,8-12H2,1-2H3;1-4,12,14H,5-11H2;1-3,11,13H,4-10H2. The molecule has 16 heteroatoms. The van der Waals surface area contributed by atoms with Gasteiger partial charge in [-0.15, -0.1) is 0 Å². The smallest absolute Gasteiger partial charge is 0.225 e. The molecule has 7 saturated heterocycles. The molecule has 394 valence electrons. The lowest BCUT2D eigenvalue weighted by atomic mass is 10.0. The molecule has 0 bridgehead atoms. The van der Waals surface area contributed by atoms with E-state index >= 15 is 0 Å². The third-order valence-electron chi connectivity index (χ3n) is 15.6. The fourth-order valence-electron chi connectivity index (χ4n) is 10.4. The molecule has 72 heavy (non-hydrogen) atoms. The number of hydrogen-bond donors (Lipinski definition) is 3. The van der Waals surface area contributed by atoms with Crippen molar-refractivity contribution in [3.8, 4) is 0 Å². The Balaban J connectivity index is 0.000000129. The molecular weight excluding hydrogens is 897 g/mol. The molecule has 10 heterocycles. The highest BCUT2D eigenvalue weighted by Gasteiger charge is 2.26. The molecule has 16 nitrogen and oxygen atoms in total. The number of rotatable bonds is 14. The lowest BCUT2D eigenvalue weighted by Gasteiger charge is -2.39. The number of aryl methyl sites for hydroxylation is 1. The molecular formula is C56H90N16. The fourth-order valence-corrected chi connectivity index (χ4v) is 10.4. The number of piperazine rings is 5. The highest BCUT2D eigenvalue weighted by Crippen LogP contribution is 2.19. The maximum absolute atomic E-state index is 4.41. The quantitative estimate of drug-likeness (QED) is 0.171. The van der Waals surface area contributed by atoms with Crippen LogP contribution in [-0.4, -0.2) is 234 Å². The summed E-state index contributed by atoms with van der Waals surface area (Å²) in [5, 5.41) is 10.1. The van der Waals surface area contributed by atoms with E-state index in [1.807, 2.05) is 43.0 Å². The minimum Gasteiger partial charge on any atom is -0.369 e. The van der Waals surface area contributed by atoms with E-state index in [0.29, 0.717) is 0 Å². The first-order chi connectivity index (χ1) is 35.4. The molecule has 7 fully saturated rings. The third kappa shape index (κ3) is 17.6. The maximum atomic E-state index is 4.41. The summed E-state index contributed by atoms with van der Waals surface area (Å²) in [5.41, 5.74) is 2.72. The number of nitrogens with zero attached hydrogens (tertiary/aromatic N) is 13. The molecule has 11 rings (SSSR count). The number of pyridine rings is 2. The van der Waals surface area contributed by atoms with E-state index in [2.05, 4.69) is 149 Å². The second-order valence-electron chi connectivity index (χ2n) is 21.1. The van der Waals surface area contributed by atoms with Gasteiger partial charge in [0, 0.05) is 220 Å². The first-order valence-corrected chi connectivity index (χ1v) is 27.8. The summed E-state index contributed by atoms with van der Waals surface area (Å²) in [4.78, 5) is 39.9. The Morgan fingerprint density at radius 3 is 1.36 bits per heavy atom. The van der Waals surface area contributed by atoms with E-state index in [1.165, 1.54) is 129 Å². The van der Waals surface area contributed by atoms with Gasteiger partial charge in [0.15, 0.2) is 0 Å². The average Bonchev–Trinajstić information content (AvgIpc) is 3.42. The van der Waals surface area contributed by atoms with Gasteiger partial charge in [-0.05, 0) is 67.1 Å². The van der Waals surface area contributed by atoms with Crippen LogP contribution in [0.4, 0.5) is 23.3 Å². The van der Waals surface area contributed by atoms with Crippen molar-refractivity contribution in [2.45, 2.75) is 27.2 Å². The molecule has 3 N–H and O–H groups in total. The van der Waals surface area contributed by atoms with Gasteiger partial charge in [0.2, 0.25) is 5.95 Å². The molecule has 0 saturated carbocycles. The van der Waals surface area contributed by atoms with Crippen LogP contribution >= 0.6 is 0 Å². The predicted molar refractivity (Wildman–Crippen MR) is 298 cm³/mol. The lowest BCUT2D eigenvalue weighted by Crippen LogP contribution is -2.53. The topological polar surface area (TPSA) is 117 Å². The molecule has 1 unspecified atom stereocenters. The Morgan fingerprint density at radius 2 is 0.903 bits per heavy atom. The number of benzene rings is 1. The summed E-state index contributed by atoms with van der Waals surface area (Å²) in [6, 6.07) is 23.1. The van der Waals surface area contributed by atoms with E-state index in [9.17, 15) is 0 Å². The molecule has 3 aromatic heterocycles. The zero-order valence-corrected chi connectivity index (χ0v) is 44.4. The maximum Gasteiger partial charge on any atom is 0.225 e. The van der Waals surface area contributed by atoms with Gasteiger partial charge in [-0.2, -0.15) is 0 Å². The van der Waals surface area contributed by atoms with Crippen molar-refractivity contribution in [1.82, 2.24) is 60.4 Å². The van der Waals surface area contributed by atoms with Gasteiger partial charge < -0.3 is 35.6 Å². The van der Waals surface area contributed by atoms with E-state index in [1.54, 1.807) is 0 Å². The normalized spacial score (nSPS) is 21.5. The molecule has 1 atom stereocenters. The number of nitrogens with one attached hydrogen (secondary N) is 3. The average molecular weight is 987 g/mol. The van der Waals surface area contributed by atoms with Crippen LogP contribution in [0.5, 0.6) is 0 Å². The van der Waals surface area contributed by atoms with Crippen molar-refractivity contribution < 1.29 is 0 Å². The zero-order chi connectivity index (χ0) is 49.6. The number of aromatic nitrogens is 4. The fraction of sp³-hybridized carbons (Fsp3) is 0.643. The Morgan fingerprint density at radius 1 is 0.458 bits per heavy atom. The first-order valence-electron chi connectivity index (χ1n) is 27.8. The third-order valence-corrected chi connectivity index (χ3v) is 15.6. The molecule has 0 spiro atoms. The van der Waals surface area contributed by atoms with Crippen molar-refractivity contribution in [3.05, 3.63) is 97.1 Å². The summed E-state index contributed by atoms with van der Waals surface area (Å²) in [6.45, 7) is 40.7. The van der Waals surface area contributed by atoms with Crippen molar-refractivity contribution in [2.75, 3.05) is 209 Å². The Hall–Kier alpha value is -4.52. The van der Waals surface area contributed by atoms with Crippen molar-refractivity contribution in [1.29, 1.82) is 0 Å². The minimum absolute atomic E-state index is 0.816. The van der Waals surface area contributed by atoms with Gasteiger partial charge in [0.1, 0.15) is 11.6 Å². The van der Waals surface area contributed by atoms with Gasteiger partial charge in [0.25, 0.3) is 0 Å². The van der Waals surface area contributed by atoms with Gasteiger partial charge in [-0.3, -0.25) is 24.5 Å². The van der Waals surface area contributed by atoms with Crippen LogP contribution in [0.25, 0.3) is 0 Å². The number of anilines is 4. The molecule has 7 aliphatic heterocycles. The summed E-state index contributed by atoms with van der Waals surface area (Å²) in [7, 11) is 0. The van der Waals surface area contributed by atoms with Crippen molar-refractivity contribution in [2.24, 2.45) is 17.8 Å². The Kier molecular flexibility index (Phi) is 21.9. The summed E-state index contributed by atoms with van der Waals surface area (Å²) in [6.07, 6.45) is 8.66. The summed E-state index contributed by atoms with van der Waals surface area (Å²) < 4.78 is 0. The summed E-state index contributed by atoms with van der Waals surface area (Å²) in [5.74, 6) is 5.69. The Bertz CT molecular complexity index is 1850. The molecule has 0 aliphatic carbocycles. The van der Waals surface area contributed by atoms with Crippen LogP contribution in [0.2, 0.25) is 0 Å². The monoisotopic (exact) mass is 987 g/mol. The van der Waals surface area contributed by atoms with E-state index in [4.69, 9.17) is 0 Å². The van der Waals surface area contributed by atoms with Crippen LogP contribution in [-0.2, 0) is 0 Å². The Labute approximate surface area is 433 Å². The second kappa shape index (κ2) is 29.4. The van der Waals surface area contributed by atoms with Gasteiger partial charge in [0.05, 0.1) is 0 Å². The molecule has 0 radical (unpaired) electrons. The van der Waals surface area contributed by atoms with E-state index in [-0.39, 0.29) is 0 Å². The van der Waals surface area contributed by atoms with Gasteiger partial charge in [-0.1, -0.05) is 50.1 Å². The van der Waals surface area contributed by atoms with Gasteiger partial charge in [-0.25, -0.2) is 19.9 Å². The predicted octanol–water partition coefficient (Wildman–Crippen LogP) is 3.51. The van der Waals surface area contributed by atoms with Crippen LogP contribution in [0.1, 0.15) is 25.8 Å². The van der Waals surface area contributed by atoms with Crippen molar-refractivity contribution >= 4 is 23.3 Å². The first kappa shape index (κ1) is 53.8. The molecule has 4 aromatic rings. The highest BCUT2D eigenvalue weighted by atomic mass is 15.3. The zero-order valence-electron chi connectivity index (χ0n) is 44.4.